The highest BCUT2D eigenvalue weighted by Crippen LogP contribution is 2.25. The average molecular weight is 316 g/mol. The molecule has 0 amide bonds. The Kier molecular flexibility index (Phi) is 4.03. The lowest BCUT2D eigenvalue weighted by molar-refractivity contribution is 0.709. The van der Waals surface area contributed by atoms with Gasteiger partial charge in [0.25, 0.3) is 0 Å². The first-order chi connectivity index (χ1) is 11.8. The molecule has 0 saturated carbocycles. The normalized spacial score (nSPS) is 14.0. The van der Waals surface area contributed by atoms with Crippen LogP contribution in [0.1, 0.15) is 36.1 Å². The van der Waals surface area contributed by atoms with Crippen LogP contribution in [0.15, 0.2) is 42.9 Å². The number of aryl methyl sites for hydroxylation is 3. The van der Waals surface area contributed by atoms with E-state index in [9.17, 15) is 0 Å². The van der Waals surface area contributed by atoms with E-state index in [2.05, 4.69) is 23.0 Å². The van der Waals surface area contributed by atoms with Gasteiger partial charge in [0.2, 0.25) is 0 Å². The molecule has 0 saturated heterocycles. The summed E-state index contributed by atoms with van der Waals surface area (Å²) in [5.41, 5.74) is 6.51. The molecule has 3 aromatic rings. The minimum atomic E-state index is 0.728. The fraction of sp³-hybridized carbons (Fsp3) is 0.300. The molecule has 3 aromatic heterocycles. The Morgan fingerprint density at radius 1 is 0.875 bits per heavy atom. The first-order valence-corrected chi connectivity index (χ1v) is 8.54. The molecule has 0 unspecified atom stereocenters. The molecule has 0 spiro atoms. The Hall–Kier alpha value is -2.62. The van der Waals surface area contributed by atoms with Crippen molar-refractivity contribution in [3.8, 4) is 22.8 Å². The third kappa shape index (κ3) is 2.92. The summed E-state index contributed by atoms with van der Waals surface area (Å²) in [7, 11) is 0. The first-order valence-electron chi connectivity index (χ1n) is 8.54. The fourth-order valence-electron chi connectivity index (χ4n) is 3.23. The van der Waals surface area contributed by atoms with Crippen LogP contribution < -0.4 is 0 Å². The standard InChI is InChI=1S/C20H20N4/c1-14-7-8-18(23-19(14)15-9-11-21-12-10-15)20-22-13-16-5-3-2-4-6-17(16)24-20/h7-13H,2-6H2,1H3. The average Bonchev–Trinajstić information content (AvgIpc) is 2.87. The summed E-state index contributed by atoms with van der Waals surface area (Å²) in [5, 5.41) is 0. The molecule has 0 atom stereocenters. The maximum Gasteiger partial charge on any atom is 0.178 e. The molecule has 0 N–H and O–H groups in total. The van der Waals surface area contributed by atoms with Crippen molar-refractivity contribution in [2.75, 3.05) is 0 Å². The van der Waals surface area contributed by atoms with Gasteiger partial charge < -0.3 is 0 Å². The van der Waals surface area contributed by atoms with Crippen LogP contribution in [-0.4, -0.2) is 19.9 Å². The molecule has 4 rings (SSSR count). The molecule has 120 valence electrons. The van der Waals surface area contributed by atoms with Crippen LogP contribution in [-0.2, 0) is 12.8 Å². The lowest BCUT2D eigenvalue weighted by Gasteiger charge is -2.09. The van der Waals surface area contributed by atoms with Crippen LogP contribution >= 0.6 is 0 Å². The van der Waals surface area contributed by atoms with Crippen molar-refractivity contribution in [2.24, 2.45) is 0 Å². The summed E-state index contributed by atoms with van der Waals surface area (Å²) >= 11 is 0. The summed E-state index contributed by atoms with van der Waals surface area (Å²) < 4.78 is 0. The Balaban J connectivity index is 1.76. The zero-order valence-corrected chi connectivity index (χ0v) is 13.9. The third-order valence-electron chi connectivity index (χ3n) is 4.59. The number of rotatable bonds is 2. The summed E-state index contributed by atoms with van der Waals surface area (Å²) in [5.74, 6) is 0.728. The highest BCUT2D eigenvalue weighted by molar-refractivity contribution is 5.66. The van der Waals surface area contributed by atoms with Crippen molar-refractivity contribution in [1.82, 2.24) is 19.9 Å². The van der Waals surface area contributed by atoms with E-state index in [1.165, 1.54) is 30.5 Å². The Labute approximate surface area is 142 Å². The molecule has 0 aliphatic heterocycles. The quantitative estimate of drug-likeness (QED) is 0.666. The fourth-order valence-corrected chi connectivity index (χ4v) is 3.23. The molecule has 0 radical (unpaired) electrons. The van der Waals surface area contributed by atoms with Crippen LogP contribution in [0, 0.1) is 6.92 Å². The number of hydrogen-bond donors (Lipinski definition) is 0. The van der Waals surface area contributed by atoms with E-state index in [1.807, 2.05) is 24.4 Å². The Morgan fingerprint density at radius 2 is 1.71 bits per heavy atom. The van der Waals surface area contributed by atoms with E-state index < -0.39 is 0 Å². The second-order valence-electron chi connectivity index (χ2n) is 6.32. The van der Waals surface area contributed by atoms with E-state index in [4.69, 9.17) is 9.97 Å². The van der Waals surface area contributed by atoms with Gasteiger partial charge in [-0.05, 0) is 61.9 Å². The van der Waals surface area contributed by atoms with Crippen LogP contribution in [0.25, 0.3) is 22.8 Å². The van der Waals surface area contributed by atoms with Gasteiger partial charge in [-0.3, -0.25) is 4.98 Å². The van der Waals surface area contributed by atoms with Crippen molar-refractivity contribution in [3.05, 3.63) is 59.7 Å². The maximum absolute atomic E-state index is 4.83. The molecule has 24 heavy (non-hydrogen) atoms. The van der Waals surface area contributed by atoms with E-state index >= 15 is 0 Å². The number of hydrogen-bond acceptors (Lipinski definition) is 4. The zero-order chi connectivity index (χ0) is 16.4. The largest absolute Gasteiger partial charge is 0.265 e. The van der Waals surface area contributed by atoms with Gasteiger partial charge in [0, 0.05) is 29.8 Å². The number of nitrogens with zero attached hydrogens (tertiary/aromatic N) is 4. The summed E-state index contributed by atoms with van der Waals surface area (Å²) in [6, 6.07) is 8.07. The topological polar surface area (TPSA) is 51.6 Å². The van der Waals surface area contributed by atoms with Gasteiger partial charge in [0.15, 0.2) is 5.82 Å². The highest BCUT2D eigenvalue weighted by atomic mass is 14.9. The monoisotopic (exact) mass is 316 g/mol. The van der Waals surface area contributed by atoms with E-state index in [1.54, 1.807) is 12.4 Å². The minimum Gasteiger partial charge on any atom is -0.265 e. The maximum atomic E-state index is 4.83. The van der Waals surface area contributed by atoms with Gasteiger partial charge in [-0.2, -0.15) is 0 Å². The van der Waals surface area contributed by atoms with Crippen molar-refractivity contribution < 1.29 is 0 Å². The molecule has 0 fully saturated rings. The molecule has 0 aromatic carbocycles. The number of aromatic nitrogens is 4. The molecular weight excluding hydrogens is 296 g/mol. The smallest absolute Gasteiger partial charge is 0.178 e. The molecule has 1 aliphatic carbocycles. The summed E-state index contributed by atoms with van der Waals surface area (Å²) in [6.07, 6.45) is 11.5. The molecular formula is C20H20N4. The molecule has 0 bridgehead atoms. The molecule has 1 aliphatic rings. The predicted molar refractivity (Wildman–Crippen MR) is 94.5 cm³/mol. The van der Waals surface area contributed by atoms with E-state index in [-0.39, 0.29) is 0 Å². The van der Waals surface area contributed by atoms with E-state index in [0.717, 1.165) is 41.2 Å². The summed E-state index contributed by atoms with van der Waals surface area (Å²) in [6.45, 7) is 2.07. The van der Waals surface area contributed by atoms with Gasteiger partial charge in [-0.15, -0.1) is 0 Å². The van der Waals surface area contributed by atoms with E-state index in [0.29, 0.717) is 0 Å². The van der Waals surface area contributed by atoms with Crippen molar-refractivity contribution >= 4 is 0 Å². The number of pyridine rings is 2. The van der Waals surface area contributed by atoms with Crippen molar-refractivity contribution in [1.29, 1.82) is 0 Å². The third-order valence-corrected chi connectivity index (χ3v) is 4.59. The van der Waals surface area contributed by atoms with Crippen molar-refractivity contribution in [2.45, 2.75) is 39.0 Å². The molecule has 4 nitrogen and oxygen atoms in total. The van der Waals surface area contributed by atoms with Gasteiger partial charge >= 0.3 is 0 Å². The van der Waals surface area contributed by atoms with Crippen LogP contribution in [0.4, 0.5) is 0 Å². The second kappa shape index (κ2) is 6.48. The molecule has 4 heteroatoms. The first kappa shape index (κ1) is 14.9. The second-order valence-corrected chi connectivity index (χ2v) is 6.32. The Bertz CT molecular complexity index is 859. The SMILES string of the molecule is Cc1ccc(-c2ncc3c(n2)CCCCC3)nc1-c1ccncc1. The van der Waals surface area contributed by atoms with Gasteiger partial charge in [0.1, 0.15) is 5.69 Å². The number of fused-ring (bicyclic) bond motifs is 1. The van der Waals surface area contributed by atoms with Gasteiger partial charge in [-0.1, -0.05) is 12.5 Å². The van der Waals surface area contributed by atoms with Gasteiger partial charge in [-0.25, -0.2) is 15.0 Å². The molecule has 3 heterocycles. The van der Waals surface area contributed by atoms with Crippen molar-refractivity contribution in [3.63, 3.8) is 0 Å². The Morgan fingerprint density at radius 3 is 2.58 bits per heavy atom. The minimum absolute atomic E-state index is 0.728. The van der Waals surface area contributed by atoms with Crippen LogP contribution in [0.3, 0.4) is 0 Å². The highest BCUT2D eigenvalue weighted by Gasteiger charge is 2.14. The lowest BCUT2D eigenvalue weighted by atomic mass is 10.1. The van der Waals surface area contributed by atoms with Crippen LogP contribution in [0.2, 0.25) is 0 Å². The zero-order valence-electron chi connectivity index (χ0n) is 13.9. The summed E-state index contributed by atoms with van der Waals surface area (Å²) in [4.78, 5) is 18.3. The lowest BCUT2D eigenvalue weighted by Crippen LogP contribution is -2.02. The van der Waals surface area contributed by atoms with Gasteiger partial charge in [0.05, 0.1) is 5.69 Å². The van der Waals surface area contributed by atoms with Crippen LogP contribution in [0.5, 0.6) is 0 Å². The predicted octanol–water partition coefficient (Wildman–Crippen LogP) is 4.18.